The second-order valence-electron chi connectivity index (χ2n) is 5.61. The number of nitrogens with zero attached hydrogens (tertiary/aromatic N) is 3. The third-order valence-corrected chi connectivity index (χ3v) is 4.07. The summed E-state index contributed by atoms with van der Waals surface area (Å²) in [5.41, 5.74) is 2.85. The van der Waals surface area contributed by atoms with Crippen LogP contribution in [0.25, 0.3) is 11.2 Å². The van der Waals surface area contributed by atoms with Gasteiger partial charge in [-0.25, -0.2) is 9.97 Å². The van der Waals surface area contributed by atoms with Gasteiger partial charge in [-0.2, -0.15) is 0 Å². The van der Waals surface area contributed by atoms with E-state index >= 15 is 0 Å². The summed E-state index contributed by atoms with van der Waals surface area (Å²) in [5.74, 6) is 1.25. The monoisotopic (exact) mass is 295 g/mol. The number of phenolic OH excluding ortho intramolecular Hbond substituents is 1. The zero-order valence-corrected chi connectivity index (χ0v) is 12.1. The topological polar surface area (TPSA) is 60.2 Å². The molecule has 1 saturated heterocycles. The second-order valence-corrected chi connectivity index (χ2v) is 5.61. The lowest BCUT2D eigenvalue weighted by Gasteiger charge is -2.14. The summed E-state index contributed by atoms with van der Waals surface area (Å²) in [5, 5.41) is 9.65. The van der Waals surface area contributed by atoms with E-state index in [1.165, 1.54) is 0 Å². The van der Waals surface area contributed by atoms with E-state index in [1.54, 1.807) is 18.3 Å². The number of phenols is 1. The molecule has 0 spiro atoms. The second kappa shape index (κ2) is 5.42. The molecule has 1 unspecified atom stereocenters. The molecule has 112 valence electrons. The Morgan fingerprint density at radius 3 is 3.05 bits per heavy atom. The van der Waals surface area contributed by atoms with Crippen LogP contribution in [0.4, 0.5) is 0 Å². The zero-order valence-electron chi connectivity index (χ0n) is 12.1. The molecule has 1 aliphatic rings. The Hall–Kier alpha value is -2.40. The molecule has 0 amide bonds. The first-order valence-corrected chi connectivity index (χ1v) is 7.49. The largest absolute Gasteiger partial charge is 0.508 e. The van der Waals surface area contributed by atoms with Gasteiger partial charge in [0.25, 0.3) is 0 Å². The van der Waals surface area contributed by atoms with Gasteiger partial charge in [0.05, 0.1) is 12.6 Å². The Kier molecular flexibility index (Phi) is 3.27. The summed E-state index contributed by atoms with van der Waals surface area (Å²) >= 11 is 0. The number of benzene rings is 1. The minimum atomic E-state index is 0.280. The molecule has 0 bridgehead atoms. The number of aromatic hydroxyl groups is 1. The molecule has 2 aromatic heterocycles. The van der Waals surface area contributed by atoms with Gasteiger partial charge in [0.1, 0.15) is 17.1 Å². The summed E-state index contributed by atoms with van der Waals surface area (Å²) in [6.07, 6.45) is 3.45. The highest BCUT2D eigenvalue weighted by Gasteiger charge is 2.23. The maximum Gasteiger partial charge on any atom is 0.160 e. The molecule has 1 atom stereocenters. The van der Waals surface area contributed by atoms with Crippen LogP contribution in [-0.2, 0) is 11.2 Å². The third-order valence-electron chi connectivity index (χ3n) is 4.07. The summed E-state index contributed by atoms with van der Waals surface area (Å²) in [6, 6.07) is 11.5. The molecule has 3 aromatic rings. The molecule has 3 heterocycles. The molecule has 5 nitrogen and oxygen atoms in total. The summed E-state index contributed by atoms with van der Waals surface area (Å²) in [7, 11) is 0. The number of hydrogen-bond donors (Lipinski definition) is 1. The van der Waals surface area contributed by atoms with E-state index in [9.17, 15) is 5.11 Å². The lowest BCUT2D eigenvalue weighted by molar-refractivity contribution is 0.186. The highest BCUT2D eigenvalue weighted by molar-refractivity contribution is 5.71. The predicted molar refractivity (Wildman–Crippen MR) is 82.9 cm³/mol. The van der Waals surface area contributed by atoms with Crippen molar-refractivity contribution in [2.45, 2.75) is 18.9 Å². The highest BCUT2D eigenvalue weighted by Crippen LogP contribution is 2.27. The highest BCUT2D eigenvalue weighted by atomic mass is 16.5. The number of imidazole rings is 1. The standard InChI is InChI=1S/C17H17N3O2/c21-14-4-1-3-12(9-14)10-16-19-15-5-2-7-18-17(15)20(16)13-6-8-22-11-13/h1-5,7,9,13,21H,6,8,10-11H2. The molecule has 0 saturated carbocycles. The van der Waals surface area contributed by atoms with Gasteiger partial charge in [-0.05, 0) is 36.2 Å². The van der Waals surface area contributed by atoms with Crippen molar-refractivity contribution >= 4 is 11.2 Å². The van der Waals surface area contributed by atoms with Gasteiger partial charge in [-0.15, -0.1) is 0 Å². The van der Waals surface area contributed by atoms with E-state index < -0.39 is 0 Å². The van der Waals surface area contributed by atoms with E-state index in [0.717, 1.165) is 35.6 Å². The zero-order chi connectivity index (χ0) is 14.9. The van der Waals surface area contributed by atoms with Crippen LogP contribution in [0.15, 0.2) is 42.6 Å². The molecule has 1 aliphatic heterocycles. The van der Waals surface area contributed by atoms with Gasteiger partial charge in [0, 0.05) is 19.2 Å². The average molecular weight is 295 g/mol. The fourth-order valence-corrected chi connectivity index (χ4v) is 3.06. The number of rotatable bonds is 3. The normalized spacial score (nSPS) is 18.1. The molecule has 1 aromatic carbocycles. The number of aromatic nitrogens is 3. The summed E-state index contributed by atoms with van der Waals surface area (Å²) in [4.78, 5) is 9.25. The van der Waals surface area contributed by atoms with Crippen LogP contribution >= 0.6 is 0 Å². The minimum absolute atomic E-state index is 0.280. The van der Waals surface area contributed by atoms with Gasteiger partial charge in [0.2, 0.25) is 0 Å². The van der Waals surface area contributed by atoms with Crippen LogP contribution in [0.1, 0.15) is 23.9 Å². The first-order chi connectivity index (χ1) is 10.8. The van der Waals surface area contributed by atoms with Crippen LogP contribution in [0.2, 0.25) is 0 Å². The quantitative estimate of drug-likeness (QED) is 0.807. The van der Waals surface area contributed by atoms with Crippen molar-refractivity contribution < 1.29 is 9.84 Å². The maximum atomic E-state index is 9.65. The van der Waals surface area contributed by atoms with Crippen molar-refractivity contribution in [1.29, 1.82) is 0 Å². The van der Waals surface area contributed by atoms with Crippen molar-refractivity contribution in [3.05, 3.63) is 54.0 Å². The first kappa shape index (κ1) is 13.3. The Morgan fingerprint density at radius 2 is 2.23 bits per heavy atom. The Balaban J connectivity index is 1.80. The van der Waals surface area contributed by atoms with Gasteiger partial charge >= 0.3 is 0 Å². The number of fused-ring (bicyclic) bond motifs is 1. The van der Waals surface area contributed by atoms with Crippen molar-refractivity contribution in [1.82, 2.24) is 14.5 Å². The van der Waals surface area contributed by atoms with E-state index in [-0.39, 0.29) is 11.8 Å². The van der Waals surface area contributed by atoms with E-state index in [1.807, 2.05) is 24.3 Å². The Morgan fingerprint density at radius 1 is 1.27 bits per heavy atom. The molecular weight excluding hydrogens is 278 g/mol. The number of ether oxygens (including phenoxy) is 1. The van der Waals surface area contributed by atoms with Crippen LogP contribution < -0.4 is 0 Å². The molecular formula is C17H17N3O2. The number of hydrogen-bond acceptors (Lipinski definition) is 4. The lowest BCUT2D eigenvalue weighted by Crippen LogP contribution is -2.13. The van der Waals surface area contributed by atoms with Crippen LogP contribution in [0.5, 0.6) is 5.75 Å². The smallest absolute Gasteiger partial charge is 0.160 e. The van der Waals surface area contributed by atoms with Crippen molar-refractivity contribution in [2.75, 3.05) is 13.2 Å². The molecule has 0 aliphatic carbocycles. The van der Waals surface area contributed by atoms with Crippen LogP contribution in [0.3, 0.4) is 0 Å². The van der Waals surface area contributed by atoms with Crippen molar-refractivity contribution in [3.8, 4) is 5.75 Å². The van der Waals surface area contributed by atoms with Gasteiger partial charge in [-0.3, -0.25) is 0 Å². The van der Waals surface area contributed by atoms with Crippen molar-refractivity contribution in [3.63, 3.8) is 0 Å². The number of pyridine rings is 1. The third kappa shape index (κ3) is 2.33. The lowest BCUT2D eigenvalue weighted by atomic mass is 10.1. The molecule has 22 heavy (non-hydrogen) atoms. The maximum absolute atomic E-state index is 9.65. The van der Waals surface area contributed by atoms with Crippen LogP contribution in [-0.4, -0.2) is 32.9 Å². The minimum Gasteiger partial charge on any atom is -0.508 e. The van der Waals surface area contributed by atoms with E-state index in [2.05, 4.69) is 9.55 Å². The summed E-state index contributed by atoms with van der Waals surface area (Å²) in [6.45, 7) is 1.48. The molecule has 4 rings (SSSR count). The van der Waals surface area contributed by atoms with E-state index in [4.69, 9.17) is 9.72 Å². The van der Waals surface area contributed by atoms with Crippen molar-refractivity contribution in [2.24, 2.45) is 0 Å². The Bertz CT molecular complexity index is 807. The van der Waals surface area contributed by atoms with Gasteiger partial charge in [0.15, 0.2) is 5.65 Å². The van der Waals surface area contributed by atoms with Crippen LogP contribution in [0, 0.1) is 0 Å². The summed E-state index contributed by atoms with van der Waals surface area (Å²) < 4.78 is 7.74. The average Bonchev–Trinajstić information content (AvgIpc) is 3.13. The SMILES string of the molecule is Oc1cccc(Cc2nc3cccnc3n2C2CCOC2)c1. The Labute approximate surface area is 128 Å². The van der Waals surface area contributed by atoms with Gasteiger partial charge in [-0.1, -0.05) is 12.1 Å². The first-order valence-electron chi connectivity index (χ1n) is 7.49. The molecule has 5 heteroatoms. The van der Waals surface area contributed by atoms with E-state index in [0.29, 0.717) is 13.0 Å². The molecule has 1 N–H and O–H groups in total. The predicted octanol–water partition coefficient (Wildman–Crippen LogP) is 2.69. The molecule has 1 fully saturated rings. The van der Waals surface area contributed by atoms with Gasteiger partial charge < -0.3 is 14.4 Å². The molecule has 0 radical (unpaired) electrons. The fourth-order valence-electron chi connectivity index (χ4n) is 3.06. The fraction of sp³-hybridized carbons (Fsp3) is 0.294.